The van der Waals surface area contributed by atoms with Gasteiger partial charge < -0.3 is 5.32 Å². The Hall–Kier alpha value is -1.68. The van der Waals surface area contributed by atoms with Gasteiger partial charge in [0, 0.05) is 20.0 Å². The van der Waals surface area contributed by atoms with Crippen LogP contribution in [0, 0.1) is 0 Å². The first-order valence-corrected chi connectivity index (χ1v) is 6.44. The van der Waals surface area contributed by atoms with Crippen molar-refractivity contribution >= 4 is 0 Å². The molecule has 2 rings (SSSR count). The van der Waals surface area contributed by atoms with Crippen LogP contribution >= 0.6 is 0 Å². The minimum atomic E-state index is 0.895. The highest BCUT2D eigenvalue weighted by Crippen LogP contribution is 2.01. The summed E-state index contributed by atoms with van der Waals surface area (Å²) in [6, 6.07) is 10.6. The molecular formula is C14H20N4. The van der Waals surface area contributed by atoms with Crippen molar-refractivity contribution in [1.29, 1.82) is 0 Å². The Bertz CT molecular complexity index is 450. The lowest BCUT2D eigenvalue weighted by molar-refractivity contribution is 0.633. The number of hydrogen-bond acceptors (Lipinski definition) is 3. The topological polar surface area (TPSA) is 42.7 Å². The first-order chi connectivity index (χ1) is 8.84. The van der Waals surface area contributed by atoms with Crippen LogP contribution in [0.2, 0.25) is 0 Å². The van der Waals surface area contributed by atoms with Crippen LogP contribution in [0.1, 0.15) is 17.8 Å². The van der Waals surface area contributed by atoms with E-state index in [1.165, 1.54) is 12.0 Å². The van der Waals surface area contributed by atoms with Crippen molar-refractivity contribution in [3.05, 3.63) is 48.0 Å². The number of nitrogens with zero attached hydrogens (tertiary/aromatic N) is 3. The van der Waals surface area contributed by atoms with Crippen LogP contribution in [0.4, 0.5) is 0 Å². The molecule has 1 aromatic carbocycles. The van der Waals surface area contributed by atoms with Crippen LogP contribution in [0.5, 0.6) is 0 Å². The molecule has 18 heavy (non-hydrogen) atoms. The molecule has 0 saturated carbocycles. The highest BCUT2D eigenvalue weighted by atomic mass is 15.3. The van der Waals surface area contributed by atoms with Crippen LogP contribution in [-0.2, 0) is 19.9 Å². The fraction of sp³-hybridized carbons (Fsp3) is 0.429. The molecule has 0 atom stereocenters. The molecule has 0 bridgehead atoms. The number of aryl methyl sites for hydroxylation is 2. The van der Waals surface area contributed by atoms with E-state index in [1.807, 2.05) is 7.05 Å². The predicted molar refractivity (Wildman–Crippen MR) is 72.3 cm³/mol. The van der Waals surface area contributed by atoms with Gasteiger partial charge in [0.2, 0.25) is 0 Å². The van der Waals surface area contributed by atoms with Gasteiger partial charge >= 0.3 is 0 Å². The fourth-order valence-corrected chi connectivity index (χ4v) is 1.89. The van der Waals surface area contributed by atoms with Gasteiger partial charge in [0.25, 0.3) is 0 Å². The van der Waals surface area contributed by atoms with Gasteiger partial charge in [0.05, 0.1) is 0 Å². The van der Waals surface area contributed by atoms with E-state index in [-0.39, 0.29) is 0 Å². The van der Waals surface area contributed by atoms with E-state index in [0.717, 1.165) is 31.8 Å². The van der Waals surface area contributed by atoms with Gasteiger partial charge in [0.15, 0.2) is 5.82 Å². The summed E-state index contributed by atoms with van der Waals surface area (Å²) in [7, 11) is 1.89. The summed E-state index contributed by atoms with van der Waals surface area (Å²) < 4.78 is 1.74. The zero-order valence-electron chi connectivity index (χ0n) is 10.8. The molecule has 96 valence electrons. The average Bonchev–Trinajstić information content (AvgIpc) is 2.81. The summed E-state index contributed by atoms with van der Waals surface area (Å²) in [5.74, 6) is 0.910. The molecular weight excluding hydrogens is 224 g/mol. The minimum absolute atomic E-state index is 0.895. The van der Waals surface area contributed by atoms with Crippen molar-refractivity contribution < 1.29 is 0 Å². The van der Waals surface area contributed by atoms with Crippen molar-refractivity contribution in [3.63, 3.8) is 0 Å². The third-order valence-corrected chi connectivity index (χ3v) is 2.83. The average molecular weight is 244 g/mol. The number of benzene rings is 1. The van der Waals surface area contributed by atoms with Crippen molar-refractivity contribution in [2.45, 2.75) is 19.3 Å². The SMILES string of the molecule is Cn1cnc(CCNCCCc2ccccc2)n1. The van der Waals surface area contributed by atoms with E-state index in [0.29, 0.717) is 0 Å². The molecule has 1 aromatic heterocycles. The third kappa shape index (κ3) is 4.30. The second-order valence-corrected chi connectivity index (χ2v) is 4.42. The largest absolute Gasteiger partial charge is 0.316 e. The van der Waals surface area contributed by atoms with E-state index in [1.54, 1.807) is 11.0 Å². The van der Waals surface area contributed by atoms with Crippen molar-refractivity contribution in [3.8, 4) is 0 Å². The summed E-state index contributed by atoms with van der Waals surface area (Å²) in [6.45, 7) is 1.99. The monoisotopic (exact) mass is 244 g/mol. The molecule has 1 heterocycles. The Balaban J connectivity index is 1.54. The predicted octanol–water partition coefficient (Wildman–Crippen LogP) is 1.58. The number of aromatic nitrogens is 3. The first-order valence-electron chi connectivity index (χ1n) is 6.44. The molecule has 0 unspecified atom stereocenters. The molecule has 1 N–H and O–H groups in total. The summed E-state index contributed by atoms with van der Waals surface area (Å²) >= 11 is 0. The Morgan fingerprint density at radius 2 is 1.94 bits per heavy atom. The molecule has 4 nitrogen and oxygen atoms in total. The maximum Gasteiger partial charge on any atom is 0.151 e. The van der Waals surface area contributed by atoms with Crippen LogP contribution in [-0.4, -0.2) is 27.9 Å². The molecule has 0 radical (unpaired) electrons. The van der Waals surface area contributed by atoms with E-state index in [4.69, 9.17) is 0 Å². The Morgan fingerprint density at radius 3 is 2.67 bits per heavy atom. The lowest BCUT2D eigenvalue weighted by Gasteiger charge is -2.03. The number of hydrogen-bond donors (Lipinski definition) is 1. The molecule has 4 heteroatoms. The third-order valence-electron chi connectivity index (χ3n) is 2.83. The highest BCUT2D eigenvalue weighted by Gasteiger charge is 1.97. The van der Waals surface area contributed by atoms with Gasteiger partial charge in [-0.1, -0.05) is 30.3 Å². The molecule has 2 aromatic rings. The van der Waals surface area contributed by atoms with Crippen LogP contribution < -0.4 is 5.32 Å². The molecule has 0 aliphatic carbocycles. The number of rotatable bonds is 7. The van der Waals surface area contributed by atoms with Gasteiger partial charge in [-0.05, 0) is 24.9 Å². The van der Waals surface area contributed by atoms with E-state index >= 15 is 0 Å². The molecule has 0 fully saturated rings. The zero-order valence-corrected chi connectivity index (χ0v) is 10.8. The molecule has 0 amide bonds. The maximum absolute atomic E-state index is 4.24. The normalized spacial score (nSPS) is 10.7. The van der Waals surface area contributed by atoms with Crippen LogP contribution in [0.15, 0.2) is 36.7 Å². The second-order valence-electron chi connectivity index (χ2n) is 4.42. The van der Waals surface area contributed by atoms with Crippen LogP contribution in [0.3, 0.4) is 0 Å². The lowest BCUT2D eigenvalue weighted by atomic mass is 10.1. The fourth-order valence-electron chi connectivity index (χ4n) is 1.89. The summed E-state index contributed by atoms with van der Waals surface area (Å²) in [4.78, 5) is 4.19. The molecule has 0 saturated heterocycles. The lowest BCUT2D eigenvalue weighted by Crippen LogP contribution is -2.19. The van der Waals surface area contributed by atoms with Crippen LogP contribution in [0.25, 0.3) is 0 Å². The Kier molecular flexibility index (Phi) is 4.90. The quantitative estimate of drug-likeness (QED) is 0.752. The zero-order chi connectivity index (χ0) is 12.6. The van der Waals surface area contributed by atoms with Gasteiger partial charge in [-0.2, -0.15) is 5.10 Å². The van der Waals surface area contributed by atoms with Crippen molar-refractivity contribution in [1.82, 2.24) is 20.1 Å². The van der Waals surface area contributed by atoms with E-state index < -0.39 is 0 Å². The van der Waals surface area contributed by atoms with Crippen molar-refractivity contribution in [2.75, 3.05) is 13.1 Å². The van der Waals surface area contributed by atoms with E-state index in [9.17, 15) is 0 Å². The summed E-state index contributed by atoms with van der Waals surface area (Å²) in [5, 5.41) is 7.67. The van der Waals surface area contributed by atoms with Gasteiger partial charge in [-0.15, -0.1) is 0 Å². The maximum atomic E-state index is 4.24. The van der Waals surface area contributed by atoms with E-state index in [2.05, 4.69) is 45.7 Å². The minimum Gasteiger partial charge on any atom is -0.316 e. The van der Waals surface area contributed by atoms with Gasteiger partial charge in [0.1, 0.15) is 6.33 Å². The first kappa shape index (κ1) is 12.8. The highest BCUT2D eigenvalue weighted by molar-refractivity contribution is 5.14. The molecule has 0 aliphatic heterocycles. The Morgan fingerprint density at radius 1 is 1.11 bits per heavy atom. The summed E-state index contributed by atoms with van der Waals surface area (Å²) in [5.41, 5.74) is 1.41. The second kappa shape index (κ2) is 6.91. The van der Waals surface area contributed by atoms with Gasteiger partial charge in [-0.25, -0.2) is 4.98 Å². The van der Waals surface area contributed by atoms with Crippen molar-refractivity contribution in [2.24, 2.45) is 7.05 Å². The summed E-state index contributed by atoms with van der Waals surface area (Å²) in [6.07, 6.45) is 4.94. The molecule has 0 spiro atoms. The Labute approximate surface area is 108 Å². The number of nitrogens with one attached hydrogen (secondary N) is 1. The smallest absolute Gasteiger partial charge is 0.151 e. The standard InChI is InChI=1S/C14H20N4/c1-18-12-16-14(17-18)9-11-15-10-5-8-13-6-3-2-4-7-13/h2-4,6-7,12,15H,5,8-11H2,1H3. The molecule has 0 aliphatic rings. The van der Waals surface area contributed by atoms with Gasteiger partial charge in [-0.3, -0.25) is 4.68 Å².